The van der Waals surface area contributed by atoms with Crippen molar-refractivity contribution in [1.29, 1.82) is 0 Å². The fourth-order valence-corrected chi connectivity index (χ4v) is 2.81. The molecular formula is C11H18N4O2. The summed E-state index contributed by atoms with van der Waals surface area (Å²) in [5.74, 6) is 0.197. The van der Waals surface area contributed by atoms with Gasteiger partial charge in [-0.1, -0.05) is 13.8 Å². The molecule has 1 aliphatic rings. The predicted molar refractivity (Wildman–Crippen MR) is 62.3 cm³/mol. The van der Waals surface area contributed by atoms with E-state index >= 15 is 0 Å². The number of carboxylic acid groups (broad SMARTS) is 1. The van der Waals surface area contributed by atoms with E-state index in [1.165, 1.54) is 0 Å². The largest absolute Gasteiger partial charge is 0.481 e. The molecule has 1 saturated carbocycles. The number of carbonyl (C=O) groups is 1. The highest BCUT2D eigenvalue weighted by Gasteiger charge is 2.57. The van der Waals surface area contributed by atoms with E-state index in [1.54, 1.807) is 6.92 Å². The SMILES string of the molecule is CC1(C)[C@@H](c2nc(N)n[nH]2)CC[C@]1(C)C(=O)O. The number of hydrogen-bond acceptors (Lipinski definition) is 4. The monoisotopic (exact) mass is 238 g/mol. The predicted octanol–water partition coefficient (Wildman–Crippen LogP) is 1.38. The fraction of sp³-hybridized carbons (Fsp3) is 0.727. The van der Waals surface area contributed by atoms with Gasteiger partial charge in [-0.3, -0.25) is 9.89 Å². The number of nitrogens with one attached hydrogen (secondary N) is 1. The highest BCUT2D eigenvalue weighted by Crippen LogP contribution is 2.59. The fourth-order valence-electron chi connectivity index (χ4n) is 2.81. The lowest BCUT2D eigenvalue weighted by atomic mass is 9.65. The van der Waals surface area contributed by atoms with Crippen molar-refractivity contribution in [1.82, 2.24) is 15.2 Å². The van der Waals surface area contributed by atoms with Crippen molar-refractivity contribution in [3.63, 3.8) is 0 Å². The zero-order valence-electron chi connectivity index (χ0n) is 10.3. The van der Waals surface area contributed by atoms with Crippen molar-refractivity contribution in [2.75, 3.05) is 5.73 Å². The van der Waals surface area contributed by atoms with Crippen molar-refractivity contribution in [2.45, 2.75) is 39.5 Å². The number of nitrogen functional groups attached to an aromatic ring is 1. The van der Waals surface area contributed by atoms with Crippen LogP contribution in [-0.2, 0) is 4.79 Å². The Morgan fingerprint density at radius 3 is 2.59 bits per heavy atom. The van der Waals surface area contributed by atoms with Crippen LogP contribution >= 0.6 is 0 Å². The number of nitrogens with two attached hydrogens (primary N) is 1. The maximum atomic E-state index is 11.5. The Hall–Kier alpha value is -1.59. The minimum Gasteiger partial charge on any atom is -0.481 e. The highest BCUT2D eigenvalue weighted by molar-refractivity contribution is 5.76. The molecule has 1 heterocycles. The number of aromatic nitrogens is 3. The average molecular weight is 238 g/mol. The van der Waals surface area contributed by atoms with E-state index in [4.69, 9.17) is 5.73 Å². The third kappa shape index (κ3) is 1.50. The summed E-state index contributed by atoms with van der Waals surface area (Å²) in [5, 5.41) is 16.0. The van der Waals surface area contributed by atoms with Crippen molar-refractivity contribution >= 4 is 11.9 Å². The van der Waals surface area contributed by atoms with Gasteiger partial charge < -0.3 is 10.8 Å². The van der Waals surface area contributed by atoms with Crippen LogP contribution in [0.4, 0.5) is 5.95 Å². The quantitative estimate of drug-likeness (QED) is 0.722. The van der Waals surface area contributed by atoms with Gasteiger partial charge in [0.05, 0.1) is 5.41 Å². The molecule has 0 unspecified atom stereocenters. The van der Waals surface area contributed by atoms with Crippen LogP contribution < -0.4 is 5.73 Å². The average Bonchev–Trinajstić information content (AvgIpc) is 2.72. The Balaban J connectivity index is 2.38. The van der Waals surface area contributed by atoms with Crippen molar-refractivity contribution < 1.29 is 9.90 Å². The molecule has 6 nitrogen and oxygen atoms in total. The molecule has 17 heavy (non-hydrogen) atoms. The molecule has 0 amide bonds. The van der Waals surface area contributed by atoms with E-state index < -0.39 is 11.4 Å². The van der Waals surface area contributed by atoms with E-state index in [2.05, 4.69) is 15.2 Å². The summed E-state index contributed by atoms with van der Waals surface area (Å²) in [6.45, 7) is 5.74. The van der Waals surface area contributed by atoms with Crippen LogP contribution in [0.3, 0.4) is 0 Å². The Kier molecular flexibility index (Phi) is 2.41. The van der Waals surface area contributed by atoms with Gasteiger partial charge in [-0.05, 0) is 25.2 Å². The number of aromatic amines is 1. The summed E-state index contributed by atoms with van der Waals surface area (Å²) in [6.07, 6.45) is 1.42. The second kappa shape index (κ2) is 3.45. The molecule has 0 radical (unpaired) electrons. The minimum absolute atomic E-state index is 0.0494. The first-order valence-electron chi connectivity index (χ1n) is 5.70. The molecule has 2 rings (SSSR count). The molecule has 2 atom stereocenters. The summed E-state index contributed by atoms with van der Waals surface area (Å²) in [4.78, 5) is 15.6. The van der Waals surface area contributed by atoms with Crippen LogP contribution in [0.5, 0.6) is 0 Å². The highest BCUT2D eigenvalue weighted by atomic mass is 16.4. The molecule has 0 spiro atoms. The topological polar surface area (TPSA) is 105 Å². The van der Waals surface area contributed by atoms with Gasteiger partial charge in [-0.25, -0.2) is 0 Å². The van der Waals surface area contributed by atoms with E-state index in [0.717, 1.165) is 6.42 Å². The molecule has 0 aliphatic heterocycles. The smallest absolute Gasteiger partial charge is 0.309 e. The molecule has 1 aliphatic carbocycles. The lowest BCUT2D eigenvalue weighted by molar-refractivity contribution is -0.153. The number of anilines is 1. The van der Waals surface area contributed by atoms with Gasteiger partial charge in [0.2, 0.25) is 5.95 Å². The molecule has 94 valence electrons. The maximum Gasteiger partial charge on any atom is 0.309 e. The Morgan fingerprint density at radius 1 is 1.53 bits per heavy atom. The Morgan fingerprint density at radius 2 is 2.18 bits per heavy atom. The summed E-state index contributed by atoms with van der Waals surface area (Å²) >= 11 is 0. The molecule has 0 aromatic carbocycles. The van der Waals surface area contributed by atoms with Crippen molar-refractivity contribution in [2.24, 2.45) is 10.8 Å². The second-order valence-corrected chi connectivity index (χ2v) is 5.53. The minimum atomic E-state index is -0.752. The van der Waals surface area contributed by atoms with Crippen molar-refractivity contribution in [3.8, 4) is 0 Å². The number of hydrogen-bond donors (Lipinski definition) is 3. The first kappa shape index (κ1) is 11.9. The molecule has 0 saturated heterocycles. The van der Waals surface area contributed by atoms with Gasteiger partial charge in [0.15, 0.2) is 0 Å². The molecule has 1 aromatic heterocycles. The standard InChI is InChI=1S/C11H18N4O2/c1-10(2)6(7-13-9(12)15-14-7)4-5-11(10,3)8(16)17/h6H,4-5H2,1-3H3,(H,16,17)(H3,12,13,14,15)/t6-,11-/m1/s1. The number of nitrogens with zero attached hydrogens (tertiary/aromatic N) is 2. The molecule has 0 bridgehead atoms. The van der Waals surface area contributed by atoms with Crippen LogP contribution in [0.2, 0.25) is 0 Å². The first-order chi connectivity index (χ1) is 7.79. The number of carboxylic acids is 1. The van der Waals surface area contributed by atoms with Gasteiger partial charge in [0, 0.05) is 5.92 Å². The van der Waals surface area contributed by atoms with E-state index in [-0.39, 0.29) is 17.3 Å². The van der Waals surface area contributed by atoms with Gasteiger partial charge in [0.25, 0.3) is 0 Å². The van der Waals surface area contributed by atoms with Crippen LogP contribution in [0.25, 0.3) is 0 Å². The second-order valence-electron chi connectivity index (χ2n) is 5.53. The van der Waals surface area contributed by atoms with Gasteiger partial charge in [-0.15, -0.1) is 5.10 Å². The van der Waals surface area contributed by atoms with Crippen LogP contribution in [-0.4, -0.2) is 26.3 Å². The molecule has 6 heteroatoms. The summed E-state index contributed by atoms with van der Waals surface area (Å²) in [7, 11) is 0. The van der Waals surface area contributed by atoms with Gasteiger partial charge >= 0.3 is 5.97 Å². The van der Waals surface area contributed by atoms with Crippen molar-refractivity contribution in [3.05, 3.63) is 5.82 Å². The third-order valence-electron chi connectivity index (χ3n) is 4.55. The summed E-state index contributed by atoms with van der Waals surface area (Å²) < 4.78 is 0. The van der Waals surface area contributed by atoms with E-state index in [9.17, 15) is 9.90 Å². The molecular weight excluding hydrogens is 220 g/mol. The normalized spacial score (nSPS) is 31.6. The number of H-pyrrole nitrogens is 1. The first-order valence-corrected chi connectivity index (χ1v) is 5.70. The zero-order chi connectivity index (χ0) is 12.8. The van der Waals surface area contributed by atoms with Crippen LogP contribution in [0, 0.1) is 10.8 Å². The van der Waals surface area contributed by atoms with Gasteiger partial charge in [-0.2, -0.15) is 4.98 Å². The molecule has 1 aromatic rings. The van der Waals surface area contributed by atoms with E-state index in [1.807, 2.05) is 13.8 Å². The number of rotatable bonds is 2. The molecule has 1 fully saturated rings. The lowest BCUT2D eigenvalue weighted by Crippen LogP contribution is -2.40. The van der Waals surface area contributed by atoms with Crippen LogP contribution in [0.15, 0.2) is 0 Å². The summed E-state index contributed by atoms with van der Waals surface area (Å²) in [5.41, 5.74) is 4.37. The van der Waals surface area contributed by atoms with Gasteiger partial charge in [0.1, 0.15) is 5.82 Å². The zero-order valence-corrected chi connectivity index (χ0v) is 10.3. The maximum absolute atomic E-state index is 11.5. The van der Waals surface area contributed by atoms with Crippen LogP contribution in [0.1, 0.15) is 45.4 Å². The number of aliphatic carboxylic acids is 1. The third-order valence-corrected chi connectivity index (χ3v) is 4.55. The summed E-state index contributed by atoms with van der Waals surface area (Å²) in [6, 6.07) is 0. The van der Waals surface area contributed by atoms with E-state index in [0.29, 0.717) is 12.2 Å². The lowest BCUT2D eigenvalue weighted by Gasteiger charge is -2.37. The molecule has 4 N–H and O–H groups in total. The Labute approximate surface area is 99.6 Å². The Bertz CT molecular complexity index is 454.